The van der Waals surface area contributed by atoms with Crippen molar-refractivity contribution in [1.29, 1.82) is 0 Å². The van der Waals surface area contributed by atoms with Gasteiger partial charge in [0.15, 0.2) is 0 Å². The molecule has 1 amide bonds. The van der Waals surface area contributed by atoms with E-state index in [2.05, 4.69) is 29.5 Å². The maximum absolute atomic E-state index is 12.5. The van der Waals surface area contributed by atoms with Crippen LogP contribution in [0.5, 0.6) is 0 Å². The number of nitrogens with zero attached hydrogens (tertiary/aromatic N) is 1. The van der Waals surface area contributed by atoms with Gasteiger partial charge in [-0.1, -0.05) is 38.1 Å². The molecule has 0 radical (unpaired) electrons. The lowest BCUT2D eigenvalue weighted by atomic mass is 9.77. The van der Waals surface area contributed by atoms with Crippen LogP contribution in [0.1, 0.15) is 37.2 Å². The zero-order valence-electron chi connectivity index (χ0n) is 14.0. The summed E-state index contributed by atoms with van der Waals surface area (Å²) in [5.74, 6) is -0.0972. The van der Waals surface area contributed by atoms with Crippen molar-refractivity contribution in [3.8, 4) is 0 Å². The molecule has 0 aliphatic carbocycles. The maximum Gasteiger partial charge on any atom is 0.270 e. The Morgan fingerprint density at radius 2 is 2.04 bits per heavy atom. The molecule has 2 heterocycles. The van der Waals surface area contributed by atoms with Gasteiger partial charge in [0, 0.05) is 24.2 Å². The monoisotopic (exact) mass is 369 g/mol. The van der Waals surface area contributed by atoms with Gasteiger partial charge in [0.05, 0.1) is 0 Å². The Kier molecular flexibility index (Phi) is 7.46. The number of halogens is 2. The van der Waals surface area contributed by atoms with Crippen LogP contribution in [-0.4, -0.2) is 30.0 Å². The zero-order chi connectivity index (χ0) is 15.6. The third-order valence-corrected chi connectivity index (χ3v) is 4.69. The maximum atomic E-state index is 12.5. The number of benzene rings is 1. The Morgan fingerprint density at radius 1 is 1.29 bits per heavy atom. The van der Waals surface area contributed by atoms with E-state index in [0.29, 0.717) is 18.3 Å². The first kappa shape index (κ1) is 20.7. The molecule has 1 aromatic carbocycles. The van der Waals surface area contributed by atoms with Crippen molar-refractivity contribution in [1.82, 2.24) is 15.6 Å². The largest absolute Gasteiger partial charge is 0.349 e. The van der Waals surface area contributed by atoms with Gasteiger partial charge >= 0.3 is 0 Å². The molecule has 6 heteroatoms. The summed E-state index contributed by atoms with van der Waals surface area (Å²) in [5, 5.41) is 8.51. The lowest BCUT2D eigenvalue weighted by molar-refractivity contribution is 0.0925. The smallest absolute Gasteiger partial charge is 0.270 e. The number of amides is 1. The second-order valence-corrected chi connectivity index (χ2v) is 6.69. The molecule has 0 spiro atoms. The van der Waals surface area contributed by atoms with Gasteiger partial charge in [0.1, 0.15) is 5.69 Å². The fourth-order valence-corrected chi connectivity index (χ4v) is 3.20. The van der Waals surface area contributed by atoms with Crippen LogP contribution in [0.2, 0.25) is 0 Å². The molecule has 4 nitrogen and oxygen atoms in total. The summed E-state index contributed by atoms with van der Waals surface area (Å²) in [6, 6.07) is 10.1. The molecule has 1 aliphatic heterocycles. The number of nitrogens with one attached hydrogen (secondary N) is 2. The predicted octanol–water partition coefficient (Wildman–Crippen LogP) is 3.59. The van der Waals surface area contributed by atoms with Gasteiger partial charge in [-0.15, -0.1) is 24.8 Å². The van der Waals surface area contributed by atoms with Crippen LogP contribution < -0.4 is 10.6 Å². The summed E-state index contributed by atoms with van der Waals surface area (Å²) < 4.78 is 0. The molecule has 1 atom stereocenters. The van der Waals surface area contributed by atoms with Crippen LogP contribution in [0, 0.1) is 5.41 Å². The molecule has 1 saturated heterocycles. The lowest BCUT2D eigenvalue weighted by Crippen LogP contribution is -2.52. The van der Waals surface area contributed by atoms with E-state index >= 15 is 0 Å². The Hall–Kier alpha value is -1.36. The average Bonchev–Trinajstić information content (AvgIpc) is 2.52. The molecule has 24 heavy (non-hydrogen) atoms. The number of fused-ring (bicyclic) bond motifs is 1. The van der Waals surface area contributed by atoms with Gasteiger partial charge in [-0.05, 0) is 36.3 Å². The molecule has 0 bridgehead atoms. The van der Waals surface area contributed by atoms with Gasteiger partial charge in [-0.3, -0.25) is 9.78 Å². The van der Waals surface area contributed by atoms with Gasteiger partial charge in [-0.2, -0.15) is 0 Å². The van der Waals surface area contributed by atoms with Crippen LogP contribution >= 0.6 is 24.8 Å². The number of hydrogen-bond acceptors (Lipinski definition) is 3. The summed E-state index contributed by atoms with van der Waals surface area (Å²) in [5.41, 5.74) is 0.712. The third-order valence-electron chi connectivity index (χ3n) is 4.69. The van der Waals surface area contributed by atoms with E-state index in [9.17, 15) is 4.79 Å². The molecular weight excluding hydrogens is 345 g/mol. The molecule has 3 rings (SSSR count). The van der Waals surface area contributed by atoms with Gasteiger partial charge < -0.3 is 10.6 Å². The van der Waals surface area contributed by atoms with E-state index in [4.69, 9.17) is 0 Å². The molecule has 1 aromatic heterocycles. The normalized spacial score (nSPS) is 19.0. The molecule has 1 fully saturated rings. The SMILES string of the molecule is CC1(C)CCCNC1CNC(=O)c1nccc2ccccc12.Cl.Cl. The van der Waals surface area contributed by atoms with Crippen molar-refractivity contribution in [2.75, 3.05) is 13.1 Å². The van der Waals surface area contributed by atoms with Crippen LogP contribution in [0.4, 0.5) is 0 Å². The molecule has 2 N–H and O–H groups in total. The lowest BCUT2D eigenvalue weighted by Gasteiger charge is -2.39. The Balaban J connectivity index is 0.00000144. The van der Waals surface area contributed by atoms with Crippen LogP contribution in [-0.2, 0) is 0 Å². The first-order chi connectivity index (χ1) is 10.6. The fourth-order valence-electron chi connectivity index (χ4n) is 3.20. The van der Waals surface area contributed by atoms with Crippen LogP contribution in [0.3, 0.4) is 0 Å². The zero-order valence-corrected chi connectivity index (χ0v) is 15.7. The number of aromatic nitrogens is 1. The Morgan fingerprint density at radius 3 is 2.79 bits per heavy atom. The highest BCUT2D eigenvalue weighted by Gasteiger charge is 2.32. The average molecular weight is 370 g/mol. The van der Waals surface area contributed by atoms with Crippen molar-refractivity contribution in [2.24, 2.45) is 5.41 Å². The number of carbonyl (C=O) groups is 1. The topological polar surface area (TPSA) is 54.0 Å². The number of hydrogen-bond donors (Lipinski definition) is 2. The van der Waals surface area contributed by atoms with E-state index in [-0.39, 0.29) is 36.1 Å². The van der Waals surface area contributed by atoms with Crippen LogP contribution in [0.15, 0.2) is 36.5 Å². The van der Waals surface area contributed by atoms with Crippen molar-refractivity contribution in [2.45, 2.75) is 32.7 Å². The van der Waals surface area contributed by atoms with Crippen molar-refractivity contribution in [3.63, 3.8) is 0 Å². The Labute approximate surface area is 155 Å². The summed E-state index contributed by atoms with van der Waals surface area (Å²) in [7, 11) is 0. The summed E-state index contributed by atoms with van der Waals surface area (Å²) in [6.45, 7) is 6.17. The van der Waals surface area contributed by atoms with E-state index < -0.39 is 0 Å². The number of carbonyl (C=O) groups excluding carboxylic acids is 1. The van der Waals surface area contributed by atoms with Crippen molar-refractivity contribution < 1.29 is 4.79 Å². The fraction of sp³-hybridized carbons (Fsp3) is 0.444. The van der Waals surface area contributed by atoms with Gasteiger partial charge in [0.25, 0.3) is 5.91 Å². The number of rotatable bonds is 3. The second kappa shape index (κ2) is 8.65. The van der Waals surface area contributed by atoms with Crippen molar-refractivity contribution >= 4 is 41.5 Å². The van der Waals surface area contributed by atoms with Gasteiger partial charge in [0.2, 0.25) is 0 Å². The highest BCUT2D eigenvalue weighted by atomic mass is 35.5. The highest BCUT2D eigenvalue weighted by molar-refractivity contribution is 6.05. The third kappa shape index (κ3) is 4.38. The van der Waals surface area contributed by atoms with E-state index in [0.717, 1.165) is 17.3 Å². The second-order valence-electron chi connectivity index (χ2n) is 6.69. The van der Waals surface area contributed by atoms with E-state index in [1.54, 1.807) is 6.20 Å². The van der Waals surface area contributed by atoms with Crippen LogP contribution in [0.25, 0.3) is 10.8 Å². The molecule has 1 unspecified atom stereocenters. The highest BCUT2D eigenvalue weighted by Crippen LogP contribution is 2.29. The first-order valence-corrected chi connectivity index (χ1v) is 7.93. The molecule has 2 aromatic rings. The van der Waals surface area contributed by atoms with E-state index in [1.807, 2.05) is 30.3 Å². The number of piperidine rings is 1. The summed E-state index contributed by atoms with van der Waals surface area (Å²) >= 11 is 0. The van der Waals surface area contributed by atoms with Gasteiger partial charge in [-0.25, -0.2) is 0 Å². The predicted molar refractivity (Wildman–Crippen MR) is 103 cm³/mol. The summed E-state index contributed by atoms with van der Waals surface area (Å²) in [6.07, 6.45) is 4.08. The molecule has 0 saturated carbocycles. The standard InChI is InChI=1S/C18H23N3O.2ClH/c1-18(2)9-5-10-19-15(18)12-21-17(22)16-14-7-4-3-6-13(14)8-11-20-16;;/h3-4,6-8,11,15,19H,5,9-10,12H2,1-2H3,(H,21,22);2*1H. The first-order valence-electron chi connectivity index (χ1n) is 7.93. The Bertz CT molecular complexity index is 686. The molecule has 1 aliphatic rings. The molecular formula is C18H25Cl2N3O. The quantitative estimate of drug-likeness (QED) is 0.868. The molecule has 132 valence electrons. The number of pyridine rings is 1. The summed E-state index contributed by atoms with van der Waals surface area (Å²) in [4.78, 5) is 16.8. The van der Waals surface area contributed by atoms with E-state index in [1.165, 1.54) is 12.8 Å². The minimum atomic E-state index is -0.0972. The minimum absolute atomic E-state index is 0. The van der Waals surface area contributed by atoms with Crippen molar-refractivity contribution in [3.05, 3.63) is 42.2 Å². The minimum Gasteiger partial charge on any atom is -0.349 e.